The minimum Gasteiger partial charge on any atom is -0.340 e. The molecule has 1 heterocycles. The summed E-state index contributed by atoms with van der Waals surface area (Å²) in [6, 6.07) is 0.548. The molecule has 4 nitrogen and oxygen atoms in total. The predicted molar refractivity (Wildman–Crippen MR) is 68.4 cm³/mol. The lowest BCUT2D eigenvalue weighted by Crippen LogP contribution is -2.37. The Bertz CT molecular complexity index is 327. The van der Waals surface area contributed by atoms with Gasteiger partial charge in [-0.1, -0.05) is 19.1 Å². The fourth-order valence-corrected chi connectivity index (χ4v) is 2.95. The average Bonchev–Trinajstić information content (AvgIpc) is 2.83. The molecule has 0 saturated carbocycles. The van der Waals surface area contributed by atoms with Crippen LogP contribution in [0.25, 0.3) is 0 Å². The molecule has 2 N–H and O–H groups in total. The third-order valence-electron chi connectivity index (χ3n) is 3.98. The fraction of sp³-hybridized carbons (Fsp3) is 0.769. The van der Waals surface area contributed by atoms with E-state index in [0.29, 0.717) is 12.0 Å². The molecule has 1 saturated heterocycles. The number of hydrogen-bond acceptors (Lipinski definition) is 3. The molecular weight excluding hydrogens is 214 g/mol. The van der Waals surface area contributed by atoms with E-state index >= 15 is 0 Å². The number of carbonyl (C=O) groups excluding carboxylic acids is 1. The number of likely N-dealkylation sites (N-methyl/N-ethyl adjacent to an activating group) is 1. The zero-order chi connectivity index (χ0) is 12.6. The molecule has 96 valence electrons. The first kappa shape index (κ1) is 12.6. The zero-order valence-electron chi connectivity index (χ0n) is 11.0. The van der Waals surface area contributed by atoms with Gasteiger partial charge in [-0.3, -0.25) is 4.79 Å². The first-order valence-electron chi connectivity index (χ1n) is 6.38. The van der Waals surface area contributed by atoms with Gasteiger partial charge in [-0.25, -0.2) is 0 Å². The van der Waals surface area contributed by atoms with Gasteiger partial charge >= 0.3 is 0 Å². The highest BCUT2D eigenvalue weighted by Crippen LogP contribution is 2.25. The molecule has 17 heavy (non-hydrogen) atoms. The van der Waals surface area contributed by atoms with Crippen molar-refractivity contribution in [3.8, 4) is 0 Å². The Morgan fingerprint density at radius 2 is 2.06 bits per heavy atom. The summed E-state index contributed by atoms with van der Waals surface area (Å²) in [5.41, 5.74) is 5.80. The van der Waals surface area contributed by atoms with E-state index in [2.05, 4.69) is 25.9 Å². The highest BCUT2D eigenvalue weighted by atomic mass is 16.2. The van der Waals surface area contributed by atoms with Crippen LogP contribution in [0, 0.1) is 11.8 Å². The summed E-state index contributed by atoms with van der Waals surface area (Å²) >= 11 is 0. The van der Waals surface area contributed by atoms with E-state index in [1.165, 1.54) is 0 Å². The van der Waals surface area contributed by atoms with E-state index < -0.39 is 0 Å². The maximum absolute atomic E-state index is 12.3. The number of nitrogens with zero attached hydrogens (tertiary/aromatic N) is 2. The molecule has 0 aromatic rings. The second-order valence-corrected chi connectivity index (χ2v) is 5.64. The third-order valence-corrected chi connectivity index (χ3v) is 3.98. The molecule has 2 aliphatic rings. The summed E-state index contributed by atoms with van der Waals surface area (Å²) < 4.78 is 0. The van der Waals surface area contributed by atoms with Gasteiger partial charge in [0.1, 0.15) is 0 Å². The molecule has 4 unspecified atom stereocenters. The fourth-order valence-electron chi connectivity index (χ4n) is 2.95. The summed E-state index contributed by atoms with van der Waals surface area (Å²) in [6.45, 7) is 3.95. The first-order valence-corrected chi connectivity index (χ1v) is 6.38. The Balaban J connectivity index is 1.96. The van der Waals surface area contributed by atoms with Crippen LogP contribution in [0.2, 0.25) is 0 Å². The quantitative estimate of drug-likeness (QED) is 0.703. The zero-order valence-corrected chi connectivity index (χ0v) is 11.0. The summed E-state index contributed by atoms with van der Waals surface area (Å²) in [5.74, 6) is 0.816. The van der Waals surface area contributed by atoms with E-state index in [-0.39, 0.29) is 17.9 Å². The van der Waals surface area contributed by atoms with Crippen molar-refractivity contribution in [1.82, 2.24) is 9.80 Å². The van der Waals surface area contributed by atoms with Gasteiger partial charge in [0.15, 0.2) is 0 Å². The summed E-state index contributed by atoms with van der Waals surface area (Å²) in [5, 5.41) is 0. The Hall–Kier alpha value is -0.870. The van der Waals surface area contributed by atoms with Crippen LogP contribution in [0.4, 0.5) is 0 Å². The van der Waals surface area contributed by atoms with E-state index in [1.807, 2.05) is 17.1 Å². The molecule has 4 heteroatoms. The Morgan fingerprint density at radius 3 is 2.53 bits per heavy atom. The molecule has 1 amide bonds. The van der Waals surface area contributed by atoms with Crippen LogP contribution in [0.5, 0.6) is 0 Å². The lowest BCUT2D eigenvalue weighted by molar-refractivity contribution is -0.133. The van der Waals surface area contributed by atoms with Crippen molar-refractivity contribution in [3.63, 3.8) is 0 Å². The maximum atomic E-state index is 12.3. The van der Waals surface area contributed by atoms with Gasteiger partial charge in [-0.15, -0.1) is 0 Å². The van der Waals surface area contributed by atoms with Crippen LogP contribution in [-0.4, -0.2) is 55.0 Å². The molecule has 1 aliphatic carbocycles. The molecular formula is C13H23N3O. The second-order valence-electron chi connectivity index (χ2n) is 5.64. The summed E-state index contributed by atoms with van der Waals surface area (Å²) in [7, 11) is 4.17. The molecule has 2 rings (SSSR count). The monoisotopic (exact) mass is 237 g/mol. The van der Waals surface area contributed by atoms with Crippen LogP contribution in [0.15, 0.2) is 12.2 Å². The van der Waals surface area contributed by atoms with Gasteiger partial charge < -0.3 is 15.5 Å². The van der Waals surface area contributed by atoms with E-state index in [1.54, 1.807) is 0 Å². The largest absolute Gasteiger partial charge is 0.340 e. The highest BCUT2D eigenvalue weighted by molar-refractivity contribution is 5.81. The average molecular weight is 237 g/mol. The van der Waals surface area contributed by atoms with Crippen LogP contribution >= 0.6 is 0 Å². The summed E-state index contributed by atoms with van der Waals surface area (Å²) in [4.78, 5) is 16.5. The van der Waals surface area contributed by atoms with Crippen LogP contribution in [0.1, 0.15) is 13.3 Å². The van der Waals surface area contributed by atoms with Gasteiger partial charge in [0.25, 0.3) is 0 Å². The molecule has 1 aliphatic heterocycles. The third kappa shape index (κ3) is 2.53. The minimum atomic E-state index is 0.0121. The standard InChI is InChI=1S/C13H23N3O/c1-9-7-16(8-12(9)15(2)3)13(17)10-4-5-11(14)6-10/h4-5,9-12H,6-8,14H2,1-3H3. The van der Waals surface area contributed by atoms with Crippen molar-refractivity contribution in [1.29, 1.82) is 0 Å². The highest BCUT2D eigenvalue weighted by Gasteiger charge is 2.36. The second kappa shape index (κ2) is 4.78. The molecule has 1 fully saturated rings. The Morgan fingerprint density at radius 1 is 1.35 bits per heavy atom. The number of hydrogen-bond donors (Lipinski definition) is 1. The normalized spacial score (nSPS) is 37.1. The maximum Gasteiger partial charge on any atom is 0.229 e. The molecule has 0 bridgehead atoms. The van der Waals surface area contributed by atoms with Gasteiger partial charge in [0, 0.05) is 25.2 Å². The van der Waals surface area contributed by atoms with Crippen molar-refractivity contribution in [2.45, 2.75) is 25.4 Å². The van der Waals surface area contributed by atoms with Gasteiger partial charge in [0.2, 0.25) is 5.91 Å². The molecule has 0 spiro atoms. The van der Waals surface area contributed by atoms with E-state index in [4.69, 9.17) is 5.73 Å². The SMILES string of the molecule is CC1CN(C(=O)C2C=CC(N)C2)CC1N(C)C. The first-order chi connectivity index (χ1) is 7.99. The summed E-state index contributed by atoms with van der Waals surface area (Å²) in [6.07, 6.45) is 4.70. The number of rotatable bonds is 2. The van der Waals surface area contributed by atoms with Crippen LogP contribution < -0.4 is 5.73 Å². The molecule has 4 atom stereocenters. The Labute approximate surface area is 103 Å². The van der Waals surface area contributed by atoms with Crippen molar-refractivity contribution in [2.75, 3.05) is 27.2 Å². The Kier molecular flexibility index (Phi) is 3.54. The lowest BCUT2D eigenvalue weighted by Gasteiger charge is -2.23. The number of carbonyl (C=O) groups is 1. The number of amides is 1. The number of likely N-dealkylation sites (tertiary alicyclic amines) is 1. The minimum absolute atomic E-state index is 0.0121. The molecule has 0 radical (unpaired) electrons. The van der Waals surface area contributed by atoms with Crippen molar-refractivity contribution >= 4 is 5.91 Å². The lowest BCUT2D eigenvalue weighted by atomic mass is 10.1. The predicted octanol–water partition coefficient (Wildman–Crippen LogP) is 0.298. The topological polar surface area (TPSA) is 49.6 Å². The van der Waals surface area contributed by atoms with Gasteiger partial charge in [-0.05, 0) is 26.4 Å². The van der Waals surface area contributed by atoms with Gasteiger partial charge in [-0.2, -0.15) is 0 Å². The van der Waals surface area contributed by atoms with Crippen LogP contribution in [-0.2, 0) is 4.79 Å². The molecule has 0 aromatic heterocycles. The van der Waals surface area contributed by atoms with E-state index in [9.17, 15) is 4.79 Å². The number of nitrogens with two attached hydrogens (primary N) is 1. The van der Waals surface area contributed by atoms with Crippen molar-refractivity contribution in [3.05, 3.63) is 12.2 Å². The van der Waals surface area contributed by atoms with Gasteiger partial charge in [0.05, 0.1) is 5.92 Å². The molecule has 0 aromatic carbocycles. The smallest absolute Gasteiger partial charge is 0.229 e. The van der Waals surface area contributed by atoms with Crippen LogP contribution in [0.3, 0.4) is 0 Å². The van der Waals surface area contributed by atoms with Crippen molar-refractivity contribution < 1.29 is 4.79 Å². The van der Waals surface area contributed by atoms with E-state index in [0.717, 1.165) is 19.5 Å². The van der Waals surface area contributed by atoms with Crippen molar-refractivity contribution in [2.24, 2.45) is 17.6 Å².